The molecule has 0 spiro atoms. The van der Waals surface area contributed by atoms with Gasteiger partial charge in [0.25, 0.3) is 15.9 Å². The number of hydrogen-bond donors (Lipinski definition) is 0. The molecular weight excluding hydrogens is 432 g/mol. The summed E-state index contributed by atoms with van der Waals surface area (Å²) in [6.07, 6.45) is 5.61. The minimum Gasteiger partial charge on any atom is -0.332 e. The van der Waals surface area contributed by atoms with E-state index in [1.807, 2.05) is 66.1 Å². The summed E-state index contributed by atoms with van der Waals surface area (Å²) >= 11 is 0. The van der Waals surface area contributed by atoms with Crippen molar-refractivity contribution in [3.63, 3.8) is 0 Å². The molecule has 4 aromatic rings. The van der Waals surface area contributed by atoms with Crippen molar-refractivity contribution >= 4 is 26.8 Å². The maximum absolute atomic E-state index is 13.8. The highest BCUT2D eigenvalue weighted by atomic mass is 32.2. The first-order chi connectivity index (χ1) is 15.8. The molecule has 1 amide bonds. The SMILES string of the molecule is C#CC(C)N(C(=O)c1cc2ccccc2n1Cc1ccccc1)S(=O)(=O)c1ccc(C)cc1. The van der Waals surface area contributed by atoms with E-state index in [0.717, 1.165) is 26.3 Å². The fourth-order valence-corrected chi connectivity index (χ4v) is 5.32. The molecule has 1 aromatic heterocycles. The van der Waals surface area contributed by atoms with Crippen LogP contribution in [0.3, 0.4) is 0 Å². The number of terminal acetylenes is 1. The molecule has 6 heteroatoms. The van der Waals surface area contributed by atoms with Crippen molar-refractivity contribution in [2.45, 2.75) is 31.3 Å². The Labute approximate surface area is 194 Å². The number of amides is 1. The van der Waals surface area contributed by atoms with Crippen molar-refractivity contribution in [3.8, 4) is 12.3 Å². The summed E-state index contributed by atoms with van der Waals surface area (Å²) in [5.41, 5.74) is 3.01. The van der Waals surface area contributed by atoms with Gasteiger partial charge in [-0.2, -0.15) is 0 Å². The average Bonchev–Trinajstić information content (AvgIpc) is 3.18. The van der Waals surface area contributed by atoms with Crippen LogP contribution in [0.4, 0.5) is 0 Å². The molecule has 1 unspecified atom stereocenters. The summed E-state index contributed by atoms with van der Waals surface area (Å²) in [4.78, 5) is 13.9. The number of benzene rings is 3. The number of hydrogen-bond acceptors (Lipinski definition) is 3. The lowest BCUT2D eigenvalue weighted by atomic mass is 10.2. The van der Waals surface area contributed by atoms with Crippen LogP contribution in [0, 0.1) is 19.3 Å². The van der Waals surface area contributed by atoms with E-state index in [-0.39, 0.29) is 10.6 Å². The van der Waals surface area contributed by atoms with E-state index in [0.29, 0.717) is 6.54 Å². The van der Waals surface area contributed by atoms with Crippen molar-refractivity contribution < 1.29 is 13.2 Å². The van der Waals surface area contributed by atoms with Gasteiger partial charge < -0.3 is 4.57 Å². The second kappa shape index (κ2) is 8.97. The topological polar surface area (TPSA) is 59.4 Å². The lowest BCUT2D eigenvalue weighted by Gasteiger charge is -2.26. The number of para-hydroxylation sites is 1. The number of sulfonamides is 1. The first kappa shape index (κ1) is 22.4. The first-order valence-electron chi connectivity index (χ1n) is 10.6. The number of aryl methyl sites for hydroxylation is 1. The van der Waals surface area contributed by atoms with Gasteiger partial charge in [-0.15, -0.1) is 6.42 Å². The van der Waals surface area contributed by atoms with Gasteiger partial charge in [-0.05, 0) is 43.7 Å². The molecule has 1 heterocycles. The number of nitrogens with zero attached hydrogens (tertiary/aromatic N) is 2. The predicted molar refractivity (Wildman–Crippen MR) is 130 cm³/mol. The molecular formula is C27H24N2O3S. The van der Waals surface area contributed by atoms with E-state index in [1.165, 1.54) is 19.1 Å². The zero-order valence-electron chi connectivity index (χ0n) is 18.5. The van der Waals surface area contributed by atoms with Crippen molar-refractivity contribution in [2.75, 3.05) is 0 Å². The Balaban J connectivity index is 1.86. The van der Waals surface area contributed by atoms with E-state index >= 15 is 0 Å². The molecule has 0 radical (unpaired) electrons. The minimum atomic E-state index is -4.18. The molecule has 0 saturated carbocycles. The first-order valence-corrected chi connectivity index (χ1v) is 12.0. The van der Waals surface area contributed by atoms with Gasteiger partial charge in [0.2, 0.25) is 0 Å². The van der Waals surface area contributed by atoms with Gasteiger partial charge >= 0.3 is 0 Å². The summed E-state index contributed by atoms with van der Waals surface area (Å²) in [5.74, 6) is 1.76. The molecule has 0 bridgehead atoms. The fraction of sp³-hybridized carbons (Fsp3) is 0.148. The molecule has 0 aliphatic rings. The monoisotopic (exact) mass is 456 g/mol. The third kappa shape index (κ3) is 4.28. The van der Waals surface area contributed by atoms with Crippen LogP contribution < -0.4 is 0 Å². The number of carbonyl (C=O) groups excluding carboxylic acids is 1. The van der Waals surface area contributed by atoms with Crippen LogP contribution in [0.15, 0.2) is 89.8 Å². The van der Waals surface area contributed by atoms with Gasteiger partial charge in [-0.25, -0.2) is 12.7 Å². The Morgan fingerprint density at radius 3 is 2.30 bits per heavy atom. The number of rotatable bonds is 6. The molecule has 1 atom stereocenters. The number of aromatic nitrogens is 1. The summed E-state index contributed by atoms with van der Waals surface area (Å²) in [6.45, 7) is 3.82. The fourth-order valence-electron chi connectivity index (χ4n) is 3.82. The van der Waals surface area contributed by atoms with Gasteiger partial charge in [0.15, 0.2) is 0 Å². The Morgan fingerprint density at radius 1 is 1.00 bits per heavy atom. The predicted octanol–water partition coefficient (Wildman–Crippen LogP) is 4.85. The molecule has 0 N–H and O–H groups in total. The second-order valence-corrected chi connectivity index (χ2v) is 9.74. The van der Waals surface area contributed by atoms with Crippen LogP contribution in [0.1, 0.15) is 28.5 Å². The van der Waals surface area contributed by atoms with Crippen LogP contribution in [-0.4, -0.2) is 29.2 Å². The summed E-state index contributed by atoms with van der Waals surface area (Å²) in [5, 5.41) is 0.845. The van der Waals surface area contributed by atoms with E-state index in [2.05, 4.69) is 5.92 Å². The highest BCUT2D eigenvalue weighted by Gasteiger charge is 2.35. The van der Waals surface area contributed by atoms with Gasteiger partial charge in [-0.3, -0.25) is 4.79 Å². The Morgan fingerprint density at radius 2 is 1.64 bits per heavy atom. The summed E-state index contributed by atoms with van der Waals surface area (Å²) < 4.78 is 29.7. The van der Waals surface area contributed by atoms with Gasteiger partial charge in [0, 0.05) is 17.4 Å². The maximum atomic E-state index is 13.8. The van der Waals surface area contributed by atoms with Crippen molar-refractivity contribution in [3.05, 3.63) is 102 Å². The standard InChI is InChI=1S/C27H24N2O3S/c1-4-21(3)29(33(31,32)24-16-14-20(2)15-17-24)27(30)26-18-23-12-8-9-13-25(23)28(26)19-22-10-6-5-7-11-22/h1,5-18,21H,19H2,2-3H3. The van der Waals surface area contributed by atoms with Crippen LogP contribution in [0.5, 0.6) is 0 Å². The molecule has 0 saturated heterocycles. The molecule has 5 nitrogen and oxygen atoms in total. The summed E-state index contributed by atoms with van der Waals surface area (Å²) in [7, 11) is -4.18. The summed E-state index contributed by atoms with van der Waals surface area (Å²) in [6, 6.07) is 24.4. The highest BCUT2D eigenvalue weighted by Crippen LogP contribution is 2.26. The minimum absolute atomic E-state index is 0.0225. The second-order valence-electron chi connectivity index (χ2n) is 7.92. The van der Waals surface area contributed by atoms with Crippen LogP contribution in [0.2, 0.25) is 0 Å². The van der Waals surface area contributed by atoms with Crippen LogP contribution in [-0.2, 0) is 16.6 Å². The molecule has 0 aliphatic heterocycles. The average molecular weight is 457 g/mol. The molecule has 3 aromatic carbocycles. The third-order valence-corrected chi connectivity index (χ3v) is 7.45. The molecule has 33 heavy (non-hydrogen) atoms. The number of fused-ring (bicyclic) bond motifs is 1. The highest BCUT2D eigenvalue weighted by molar-refractivity contribution is 7.89. The van der Waals surface area contributed by atoms with E-state index < -0.39 is 22.0 Å². The van der Waals surface area contributed by atoms with E-state index in [1.54, 1.807) is 18.2 Å². The quantitative estimate of drug-likeness (QED) is 0.390. The van der Waals surface area contributed by atoms with Crippen molar-refractivity contribution in [1.29, 1.82) is 0 Å². The normalized spacial score (nSPS) is 12.3. The molecule has 0 fully saturated rings. The van der Waals surface area contributed by atoms with Gasteiger partial charge in [0.1, 0.15) is 11.7 Å². The Kier molecular flexibility index (Phi) is 6.08. The Hall–Kier alpha value is -3.82. The molecule has 0 aliphatic carbocycles. The van der Waals surface area contributed by atoms with E-state index in [9.17, 15) is 13.2 Å². The van der Waals surface area contributed by atoms with Crippen LogP contribution in [0.25, 0.3) is 10.9 Å². The lowest BCUT2D eigenvalue weighted by molar-refractivity contribution is 0.0838. The van der Waals surface area contributed by atoms with Gasteiger partial charge in [-0.1, -0.05) is 72.1 Å². The van der Waals surface area contributed by atoms with Crippen molar-refractivity contribution in [2.24, 2.45) is 0 Å². The third-order valence-electron chi connectivity index (χ3n) is 5.58. The zero-order chi connectivity index (χ0) is 23.6. The van der Waals surface area contributed by atoms with E-state index in [4.69, 9.17) is 6.42 Å². The molecule has 4 rings (SSSR count). The number of carbonyl (C=O) groups is 1. The zero-order valence-corrected chi connectivity index (χ0v) is 19.3. The lowest BCUT2D eigenvalue weighted by Crippen LogP contribution is -2.43. The smallest absolute Gasteiger partial charge is 0.285 e. The van der Waals surface area contributed by atoms with Crippen LogP contribution >= 0.6 is 0 Å². The largest absolute Gasteiger partial charge is 0.332 e. The van der Waals surface area contributed by atoms with Gasteiger partial charge in [0.05, 0.1) is 4.90 Å². The Bertz CT molecular complexity index is 1450. The molecule has 166 valence electrons. The maximum Gasteiger partial charge on any atom is 0.285 e. The van der Waals surface area contributed by atoms with Crippen molar-refractivity contribution in [1.82, 2.24) is 8.87 Å².